The molecule has 1 unspecified atom stereocenters. The van der Waals surface area contributed by atoms with Crippen LogP contribution in [0.25, 0.3) is 0 Å². The summed E-state index contributed by atoms with van der Waals surface area (Å²) in [5.74, 6) is -0.0965. The van der Waals surface area contributed by atoms with Gasteiger partial charge in [-0.15, -0.1) is 6.58 Å². The van der Waals surface area contributed by atoms with Gasteiger partial charge in [-0.3, -0.25) is 9.69 Å². The topological polar surface area (TPSA) is 104 Å². The summed E-state index contributed by atoms with van der Waals surface area (Å²) in [5, 5.41) is -1.86. The summed E-state index contributed by atoms with van der Waals surface area (Å²) in [6.07, 6.45) is -3.39. The lowest BCUT2D eigenvalue weighted by Gasteiger charge is -2.33. The molecule has 1 heterocycles. The molecule has 208 valence electrons. The number of nitrogens with one attached hydrogen (secondary N) is 1. The zero-order chi connectivity index (χ0) is 28.3. The van der Waals surface area contributed by atoms with Gasteiger partial charge in [0.1, 0.15) is 5.25 Å². The van der Waals surface area contributed by atoms with E-state index in [0.29, 0.717) is 32.0 Å². The molecular weight excluding hydrogens is 543 g/mol. The monoisotopic (exact) mass is 573 g/mol. The summed E-state index contributed by atoms with van der Waals surface area (Å²) in [7, 11) is -5.39. The minimum absolute atomic E-state index is 0.0965. The van der Waals surface area contributed by atoms with Gasteiger partial charge in [-0.1, -0.05) is 24.3 Å². The predicted molar refractivity (Wildman–Crippen MR) is 136 cm³/mol. The molecule has 0 radical (unpaired) electrons. The molecule has 1 amide bonds. The van der Waals surface area contributed by atoms with Crippen molar-refractivity contribution in [3.63, 3.8) is 0 Å². The van der Waals surface area contributed by atoms with Crippen LogP contribution in [0.4, 0.5) is 13.2 Å². The fourth-order valence-corrected chi connectivity index (χ4v) is 7.15. The quantitative estimate of drug-likeness (QED) is 0.462. The maximum Gasteiger partial charge on any atom is 0.416 e. The first-order valence-corrected chi connectivity index (χ1v) is 14.8. The van der Waals surface area contributed by atoms with Crippen molar-refractivity contribution in [1.29, 1.82) is 0 Å². The number of nitrogens with zero attached hydrogens (tertiary/aromatic N) is 2. The Kier molecular flexibility index (Phi) is 9.07. The van der Waals surface area contributed by atoms with E-state index in [1.165, 1.54) is 29.2 Å². The van der Waals surface area contributed by atoms with Crippen LogP contribution in [-0.2, 0) is 30.8 Å². The molecule has 0 spiro atoms. The highest BCUT2D eigenvalue weighted by molar-refractivity contribution is 7.91. The van der Waals surface area contributed by atoms with Crippen molar-refractivity contribution >= 4 is 25.8 Å². The number of benzene rings is 2. The Morgan fingerprint density at radius 3 is 2.21 bits per heavy atom. The van der Waals surface area contributed by atoms with Crippen LogP contribution >= 0.6 is 0 Å². The molecule has 2 aromatic carbocycles. The number of sulfone groups is 1. The number of sulfonamides is 1. The van der Waals surface area contributed by atoms with Crippen molar-refractivity contribution in [3.05, 3.63) is 72.3 Å². The third-order valence-corrected chi connectivity index (χ3v) is 9.87. The van der Waals surface area contributed by atoms with Crippen molar-refractivity contribution in [1.82, 2.24) is 14.5 Å². The summed E-state index contributed by atoms with van der Waals surface area (Å²) in [4.78, 5) is 14.7. The van der Waals surface area contributed by atoms with E-state index in [1.807, 2.05) is 4.90 Å². The Balaban J connectivity index is 1.91. The lowest BCUT2D eigenvalue weighted by molar-refractivity contribution is -0.138. The zero-order valence-corrected chi connectivity index (χ0v) is 22.6. The van der Waals surface area contributed by atoms with Crippen LogP contribution in [0.2, 0.25) is 0 Å². The molecule has 1 aliphatic heterocycles. The van der Waals surface area contributed by atoms with E-state index in [1.54, 1.807) is 20.2 Å². The molecule has 8 nitrogen and oxygen atoms in total. The number of likely N-dealkylation sites (N-methyl/N-ethyl adjacent to an activating group) is 1. The van der Waals surface area contributed by atoms with Crippen molar-refractivity contribution < 1.29 is 34.8 Å². The smallest absolute Gasteiger partial charge is 0.348 e. The summed E-state index contributed by atoms with van der Waals surface area (Å²) >= 11 is 0. The normalized spacial score (nSPS) is 16.7. The van der Waals surface area contributed by atoms with Crippen LogP contribution in [0, 0.1) is 0 Å². The van der Waals surface area contributed by atoms with Gasteiger partial charge in [0.05, 0.1) is 21.9 Å². The van der Waals surface area contributed by atoms with Crippen LogP contribution in [0.15, 0.2) is 71.0 Å². The number of carbonyl (C=O) groups excluding carboxylic acids is 1. The van der Waals surface area contributed by atoms with Gasteiger partial charge in [0.2, 0.25) is 25.8 Å². The van der Waals surface area contributed by atoms with E-state index in [-0.39, 0.29) is 17.3 Å². The van der Waals surface area contributed by atoms with Crippen LogP contribution < -0.4 is 4.72 Å². The number of rotatable bonds is 9. The largest absolute Gasteiger partial charge is 0.416 e. The summed E-state index contributed by atoms with van der Waals surface area (Å²) in [6, 6.07) is 8.72. The maximum atomic E-state index is 13.9. The molecular formula is C25H30F3N3O5S2. The van der Waals surface area contributed by atoms with Crippen molar-refractivity contribution in [2.75, 3.05) is 33.7 Å². The highest BCUT2D eigenvalue weighted by Crippen LogP contribution is 2.39. The molecule has 0 saturated carbocycles. The number of hydrogen-bond acceptors (Lipinski definition) is 6. The first kappa shape index (κ1) is 29.8. The highest BCUT2D eigenvalue weighted by atomic mass is 32.2. The average molecular weight is 574 g/mol. The van der Waals surface area contributed by atoms with Gasteiger partial charge in [0.15, 0.2) is 0 Å². The molecule has 3 rings (SSSR count). The van der Waals surface area contributed by atoms with Gasteiger partial charge >= 0.3 is 6.18 Å². The minimum atomic E-state index is -4.94. The van der Waals surface area contributed by atoms with Gasteiger partial charge < -0.3 is 4.90 Å². The first-order valence-electron chi connectivity index (χ1n) is 11.7. The number of hydrogen-bond donors (Lipinski definition) is 1. The molecule has 1 fully saturated rings. The van der Waals surface area contributed by atoms with Crippen LogP contribution in [0.5, 0.6) is 0 Å². The van der Waals surface area contributed by atoms with Crippen LogP contribution in [0.1, 0.15) is 29.2 Å². The van der Waals surface area contributed by atoms with Crippen molar-refractivity contribution in [3.8, 4) is 0 Å². The molecule has 38 heavy (non-hydrogen) atoms. The Labute approximate surface area is 221 Å². The minimum Gasteiger partial charge on any atom is -0.348 e. The second-order valence-electron chi connectivity index (χ2n) is 9.22. The summed E-state index contributed by atoms with van der Waals surface area (Å²) in [5.41, 5.74) is -2.00. The Morgan fingerprint density at radius 2 is 1.68 bits per heavy atom. The molecule has 2 aromatic rings. The van der Waals surface area contributed by atoms with E-state index < -0.39 is 53.4 Å². The SMILES string of the molecule is C=CC(c1cc(S(=O)(=O)c2ccccc2)ccc1C(F)(F)F)S(=O)(=O)NC1CCN(CC(=O)N(C)C)CC1. The number of amides is 1. The van der Waals surface area contributed by atoms with E-state index >= 15 is 0 Å². The van der Waals surface area contributed by atoms with Gasteiger partial charge in [-0.25, -0.2) is 21.6 Å². The average Bonchev–Trinajstić information content (AvgIpc) is 2.85. The molecule has 0 bridgehead atoms. The van der Waals surface area contributed by atoms with E-state index in [2.05, 4.69) is 11.3 Å². The lowest BCUT2D eigenvalue weighted by atomic mass is 10.0. The number of halogens is 3. The Morgan fingerprint density at radius 1 is 1.08 bits per heavy atom. The molecule has 0 aliphatic carbocycles. The highest BCUT2D eigenvalue weighted by Gasteiger charge is 2.40. The molecule has 1 atom stereocenters. The standard InChI is InChI=1S/C25H30F3N3O5S2/c1-4-23(38(35,36)29-18-12-14-31(15-13-18)17-24(32)30(2)3)21-16-20(10-11-22(21)25(26,27)28)37(33,34)19-8-6-5-7-9-19/h4-11,16,18,23,29H,1,12-15,17H2,2-3H3. The van der Waals surface area contributed by atoms with Gasteiger partial charge in [-0.2, -0.15) is 13.2 Å². The number of alkyl halides is 3. The van der Waals surface area contributed by atoms with Crippen molar-refractivity contribution in [2.24, 2.45) is 0 Å². The maximum absolute atomic E-state index is 13.9. The summed E-state index contributed by atoms with van der Waals surface area (Å²) in [6.45, 7) is 4.47. The van der Waals surface area contributed by atoms with Crippen molar-refractivity contribution in [2.45, 2.75) is 40.1 Å². The molecule has 1 aliphatic rings. The van der Waals surface area contributed by atoms with Gasteiger partial charge in [0.25, 0.3) is 0 Å². The fraction of sp³-hybridized carbons (Fsp3) is 0.400. The summed E-state index contributed by atoms with van der Waals surface area (Å²) < 4.78 is 97.0. The first-order chi connectivity index (χ1) is 17.7. The van der Waals surface area contributed by atoms with E-state index in [9.17, 15) is 34.8 Å². The lowest BCUT2D eigenvalue weighted by Crippen LogP contribution is -2.47. The predicted octanol–water partition coefficient (Wildman–Crippen LogP) is 3.24. The van der Waals surface area contributed by atoms with E-state index in [0.717, 1.165) is 18.2 Å². The Bertz CT molecular complexity index is 1370. The molecule has 13 heteroatoms. The molecule has 0 aromatic heterocycles. The fourth-order valence-electron chi connectivity index (χ4n) is 4.21. The molecule has 1 saturated heterocycles. The third-order valence-electron chi connectivity index (χ3n) is 6.32. The second kappa shape index (κ2) is 11.6. The van der Waals surface area contributed by atoms with Gasteiger partial charge in [-0.05, 0) is 48.7 Å². The number of piperidine rings is 1. The van der Waals surface area contributed by atoms with Crippen LogP contribution in [-0.4, -0.2) is 72.3 Å². The Hall–Kier alpha value is -2.74. The second-order valence-corrected chi connectivity index (χ2v) is 13.0. The number of carbonyl (C=O) groups is 1. The third kappa shape index (κ3) is 6.82. The number of likely N-dealkylation sites (tertiary alicyclic amines) is 1. The van der Waals surface area contributed by atoms with E-state index in [4.69, 9.17) is 0 Å². The zero-order valence-electron chi connectivity index (χ0n) is 21.0. The van der Waals surface area contributed by atoms with Crippen LogP contribution in [0.3, 0.4) is 0 Å². The van der Waals surface area contributed by atoms with Gasteiger partial charge in [0, 0.05) is 33.2 Å². The molecule has 1 N–H and O–H groups in total.